The van der Waals surface area contributed by atoms with Crippen molar-refractivity contribution in [1.29, 1.82) is 0 Å². The number of rotatable bonds is 9. The summed E-state index contributed by atoms with van der Waals surface area (Å²) in [5.41, 5.74) is 26.4. The van der Waals surface area contributed by atoms with E-state index in [1.165, 1.54) is 138 Å². The van der Waals surface area contributed by atoms with Gasteiger partial charge in [0.15, 0.2) is 0 Å². The number of hydrogen-bond donors (Lipinski definition) is 0. The highest BCUT2D eigenvalue weighted by Gasteiger charge is 2.46. The van der Waals surface area contributed by atoms with Gasteiger partial charge in [0.25, 0.3) is 0 Å². The van der Waals surface area contributed by atoms with E-state index < -0.39 is 5.41 Å². The Labute approximate surface area is 471 Å². The zero-order valence-corrected chi connectivity index (χ0v) is 44.4. The minimum absolute atomic E-state index is 0.435. The lowest BCUT2D eigenvalue weighted by Gasteiger charge is -2.34. The number of hydrogen-bond acceptors (Lipinski definition) is 0. The Kier molecular flexibility index (Phi) is 10.8. The second-order valence-corrected chi connectivity index (χ2v) is 21.5. The van der Waals surface area contributed by atoms with Crippen molar-refractivity contribution < 1.29 is 0 Å². The maximum atomic E-state index is 2.46. The molecule has 0 unspecified atom stereocenters. The van der Waals surface area contributed by atoms with Crippen LogP contribution in [-0.4, -0.2) is 9.13 Å². The zero-order valence-electron chi connectivity index (χ0n) is 44.4. The summed E-state index contributed by atoms with van der Waals surface area (Å²) in [7, 11) is 0. The van der Waals surface area contributed by atoms with Crippen LogP contribution >= 0.6 is 0 Å². The fraction of sp³-hybridized carbons (Fsp3) is 0.0127. The fourth-order valence-electron chi connectivity index (χ4n) is 13.6. The summed E-state index contributed by atoms with van der Waals surface area (Å²) in [5, 5.41) is 4.94. The lowest BCUT2D eigenvalue weighted by atomic mass is 9.67. The van der Waals surface area contributed by atoms with Crippen molar-refractivity contribution in [2.24, 2.45) is 0 Å². The molecule has 0 N–H and O–H groups in total. The predicted octanol–water partition coefficient (Wildman–Crippen LogP) is 20.6. The summed E-state index contributed by atoms with van der Waals surface area (Å²) in [6.07, 6.45) is 0. The molecule has 13 aromatic carbocycles. The Morgan fingerprint density at radius 1 is 0.198 bits per heavy atom. The van der Waals surface area contributed by atoms with Crippen LogP contribution in [0.5, 0.6) is 0 Å². The highest BCUT2D eigenvalue weighted by molar-refractivity contribution is 6.13. The van der Waals surface area contributed by atoms with Crippen molar-refractivity contribution in [1.82, 2.24) is 9.13 Å². The smallest absolute Gasteiger partial charge is 0.0713 e. The molecule has 81 heavy (non-hydrogen) atoms. The van der Waals surface area contributed by atoms with E-state index >= 15 is 0 Å². The molecule has 0 aliphatic heterocycles. The summed E-state index contributed by atoms with van der Waals surface area (Å²) < 4.78 is 4.89. The Balaban J connectivity index is 0.725. The molecule has 0 fully saturated rings. The van der Waals surface area contributed by atoms with Crippen LogP contribution in [0, 0.1) is 0 Å². The van der Waals surface area contributed by atoms with Crippen molar-refractivity contribution in [3.63, 3.8) is 0 Å². The maximum absolute atomic E-state index is 2.46. The number of benzene rings is 13. The first kappa shape index (κ1) is 46.5. The van der Waals surface area contributed by atoms with Crippen molar-refractivity contribution >= 4 is 43.6 Å². The van der Waals surface area contributed by atoms with Gasteiger partial charge in [0.1, 0.15) is 0 Å². The molecule has 0 saturated heterocycles. The van der Waals surface area contributed by atoms with Crippen LogP contribution < -0.4 is 0 Å². The number of fused-ring (bicyclic) bond motifs is 9. The first-order chi connectivity index (χ1) is 40.2. The van der Waals surface area contributed by atoms with Crippen LogP contribution in [-0.2, 0) is 5.41 Å². The first-order valence-corrected chi connectivity index (χ1v) is 28.1. The van der Waals surface area contributed by atoms with E-state index in [1.54, 1.807) is 0 Å². The van der Waals surface area contributed by atoms with Gasteiger partial charge in [-0.25, -0.2) is 0 Å². The molecule has 0 spiro atoms. The van der Waals surface area contributed by atoms with Gasteiger partial charge in [0, 0.05) is 32.7 Å². The van der Waals surface area contributed by atoms with E-state index in [4.69, 9.17) is 0 Å². The normalized spacial score (nSPS) is 12.5. The van der Waals surface area contributed by atoms with E-state index in [0.717, 1.165) is 5.69 Å². The summed E-state index contributed by atoms with van der Waals surface area (Å²) in [4.78, 5) is 0. The van der Waals surface area contributed by atoms with Crippen molar-refractivity contribution in [2.75, 3.05) is 0 Å². The van der Waals surface area contributed by atoms with E-state index in [-0.39, 0.29) is 0 Å². The lowest BCUT2D eigenvalue weighted by molar-refractivity contribution is 0.769. The molecule has 16 rings (SSSR count). The van der Waals surface area contributed by atoms with E-state index in [0.29, 0.717) is 0 Å². The number of aromatic nitrogens is 2. The molecule has 0 atom stereocenters. The quantitative estimate of drug-likeness (QED) is 0.136. The van der Waals surface area contributed by atoms with Gasteiger partial charge in [-0.15, -0.1) is 0 Å². The van der Waals surface area contributed by atoms with Crippen LogP contribution in [0.3, 0.4) is 0 Å². The van der Waals surface area contributed by atoms with E-state index in [1.807, 2.05) is 0 Å². The second kappa shape index (κ2) is 18.8. The molecule has 378 valence electrons. The van der Waals surface area contributed by atoms with Gasteiger partial charge in [-0.1, -0.05) is 261 Å². The highest BCUT2D eigenvalue weighted by Crippen LogP contribution is 2.56. The van der Waals surface area contributed by atoms with Gasteiger partial charge in [-0.3, -0.25) is 0 Å². The van der Waals surface area contributed by atoms with Crippen LogP contribution in [0.4, 0.5) is 0 Å². The molecular weight excluding hydrogens is 977 g/mol. The van der Waals surface area contributed by atoms with Gasteiger partial charge in [-0.2, -0.15) is 0 Å². The lowest BCUT2D eigenvalue weighted by Crippen LogP contribution is -2.28. The SMILES string of the molecule is c1ccc(-c2ccccc2-n2c3ccccc3c3cc(-c4ccc5c(c4)c4ccccc4n5-c4ccccc4-c4ccc(-c5ccc(-c6cccc(C7(c8ccccc8)c8ccccc8-c8ccccc87)c6)cc5)cc4)ccc32)cc1. The standard InChI is InChI=1S/C79H52N2/c1-3-20-56(21-4-1)63-26-9-15-34-73(63)80-75-36-17-11-30-67(75)69-51-59(46-48-77(69)80)60-47-49-78-70(52-60)68-31-12-18-37-76(68)81(78)74-35-16-10-27-64(74)57-44-42-54(43-45-57)53-38-40-55(41-39-53)58-22-19-25-62(50-58)79(61-23-5-2-6-24-61)71-32-13-7-28-65(71)66-29-8-14-33-72(66)79/h1-52H. The molecule has 0 radical (unpaired) electrons. The first-order valence-electron chi connectivity index (χ1n) is 28.1. The summed E-state index contributed by atoms with van der Waals surface area (Å²) in [6.45, 7) is 0. The number of nitrogens with zero attached hydrogens (tertiary/aromatic N) is 2. The average Bonchev–Trinajstić information content (AvgIpc) is 2.75. The zero-order chi connectivity index (χ0) is 53.4. The third kappa shape index (κ3) is 7.34. The Bertz CT molecular complexity index is 4860. The second-order valence-electron chi connectivity index (χ2n) is 21.5. The van der Waals surface area contributed by atoms with Crippen LogP contribution in [0.1, 0.15) is 22.3 Å². The molecule has 0 amide bonds. The fourth-order valence-corrected chi connectivity index (χ4v) is 13.6. The molecule has 15 aromatic rings. The van der Waals surface area contributed by atoms with E-state index in [9.17, 15) is 0 Å². The topological polar surface area (TPSA) is 9.86 Å². The molecule has 2 nitrogen and oxygen atoms in total. The third-order valence-electron chi connectivity index (χ3n) is 17.3. The van der Waals surface area contributed by atoms with Gasteiger partial charge in [-0.05, 0) is 132 Å². The average molecular weight is 1030 g/mol. The van der Waals surface area contributed by atoms with Crippen LogP contribution in [0.25, 0.3) is 122 Å². The summed E-state index contributed by atoms with van der Waals surface area (Å²) in [6, 6.07) is 116. The molecule has 1 aliphatic carbocycles. The minimum atomic E-state index is -0.435. The number of para-hydroxylation sites is 4. The van der Waals surface area contributed by atoms with Gasteiger partial charge < -0.3 is 9.13 Å². The van der Waals surface area contributed by atoms with Crippen molar-refractivity contribution in [2.45, 2.75) is 5.41 Å². The maximum Gasteiger partial charge on any atom is 0.0713 e. The Morgan fingerprint density at radius 3 is 1.07 bits per heavy atom. The van der Waals surface area contributed by atoms with Gasteiger partial charge in [0.2, 0.25) is 0 Å². The predicted molar refractivity (Wildman–Crippen MR) is 340 cm³/mol. The monoisotopic (exact) mass is 1030 g/mol. The molecule has 0 bridgehead atoms. The van der Waals surface area contributed by atoms with Crippen LogP contribution in [0.15, 0.2) is 315 Å². The minimum Gasteiger partial charge on any atom is -0.309 e. The largest absolute Gasteiger partial charge is 0.309 e. The van der Waals surface area contributed by atoms with Crippen molar-refractivity contribution in [3.8, 4) is 78.1 Å². The third-order valence-corrected chi connectivity index (χ3v) is 17.3. The highest BCUT2D eigenvalue weighted by atomic mass is 15.0. The molecular formula is C79H52N2. The van der Waals surface area contributed by atoms with Gasteiger partial charge >= 0.3 is 0 Å². The summed E-state index contributed by atoms with van der Waals surface area (Å²) >= 11 is 0. The van der Waals surface area contributed by atoms with Gasteiger partial charge in [0.05, 0.1) is 38.9 Å². The van der Waals surface area contributed by atoms with E-state index in [2.05, 4.69) is 325 Å². The van der Waals surface area contributed by atoms with Crippen LogP contribution in [0.2, 0.25) is 0 Å². The Hall–Kier alpha value is -10.5. The molecule has 2 aromatic heterocycles. The van der Waals surface area contributed by atoms with Crippen molar-refractivity contribution in [3.05, 3.63) is 338 Å². The molecule has 1 aliphatic rings. The summed E-state index contributed by atoms with van der Waals surface area (Å²) in [5.74, 6) is 0. The molecule has 0 saturated carbocycles. The molecule has 2 heterocycles. The molecule has 2 heteroatoms. The Morgan fingerprint density at radius 2 is 0.543 bits per heavy atom.